The topological polar surface area (TPSA) is 70.5 Å². The van der Waals surface area contributed by atoms with E-state index in [1.165, 1.54) is 6.20 Å². The quantitative estimate of drug-likeness (QED) is 0.751. The molecule has 1 aliphatic rings. The molecule has 5 nitrogen and oxygen atoms in total. The third-order valence-corrected chi connectivity index (χ3v) is 2.50. The van der Waals surface area contributed by atoms with Crippen LogP contribution in [0.15, 0.2) is 18.3 Å². The van der Waals surface area contributed by atoms with E-state index in [-0.39, 0.29) is 24.1 Å². The summed E-state index contributed by atoms with van der Waals surface area (Å²) in [5.74, 6) is -0.699. The normalized spacial score (nSPS) is 16.5. The second kappa shape index (κ2) is 4.02. The van der Waals surface area contributed by atoms with E-state index in [0.29, 0.717) is 12.0 Å². The maximum atomic E-state index is 11.8. The molecule has 1 aromatic rings. The fourth-order valence-corrected chi connectivity index (χ4v) is 1.63. The van der Waals surface area contributed by atoms with E-state index in [2.05, 4.69) is 4.98 Å². The average Bonchev–Trinajstić information content (AvgIpc) is 2.50. The Bertz CT molecular complexity index is 408. The lowest BCUT2D eigenvalue weighted by molar-refractivity contribution is 0.0627. The Morgan fingerprint density at radius 2 is 2.19 bits per heavy atom. The van der Waals surface area contributed by atoms with Gasteiger partial charge in [-0.1, -0.05) is 0 Å². The maximum absolute atomic E-state index is 11.8. The predicted molar refractivity (Wildman–Crippen MR) is 55.9 cm³/mol. The van der Waals surface area contributed by atoms with Crippen LogP contribution in [0.25, 0.3) is 0 Å². The zero-order chi connectivity index (χ0) is 11.7. The van der Waals surface area contributed by atoms with E-state index in [9.17, 15) is 9.59 Å². The number of hydrogen-bond donors (Lipinski definition) is 1. The summed E-state index contributed by atoms with van der Waals surface area (Å²) in [6, 6.07) is 3.22. The summed E-state index contributed by atoms with van der Waals surface area (Å²) in [7, 11) is 0. The lowest BCUT2D eigenvalue weighted by Crippen LogP contribution is -2.32. The molecular formula is C11H12N2O3. The second-order valence-electron chi connectivity index (χ2n) is 3.80. The summed E-state index contributed by atoms with van der Waals surface area (Å²) in [6.45, 7) is 1.85. The Hall–Kier alpha value is -1.75. The SMILES string of the molecule is CC(O)CCN1C(=O)c2cccnc2C1=O. The highest BCUT2D eigenvalue weighted by molar-refractivity contribution is 6.20. The number of aliphatic hydroxyl groups is 1. The molecular weight excluding hydrogens is 208 g/mol. The number of amides is 2. The van der Waals surface area contributed by atoms with Crippen molar-refractivity contribution < 1.29 is 14.7 Å². The van der Waals surface area contributed by atoms with E-state index in [0.717, 1.165) is 4.90 Å². The molecule has 1 aliphatic heterocycles. The minimum Gasteiger partial charge on any atom is -0.393 e. The number of carbonyl (C=O) groups excluding carboxylic acids is 2. The van der Waals surface area contributed by atoms with Gasteiger partial charge in [0, 0.05) is 12.7 Å². The molecule has 0 aromatic carbocycles. The molecule has 0 fully saturated rings. The molecule has 16 heavy (non-hydrogen) atoms. The van der Waals surface area contributed by atoms with Crippen LogP contribution < -0.4 is 0 Å². The number of fused-ring (bicyclic) bond motifs is 1. The predicted octanol–water partition coefficient (Wildman–Crippen LogP) is 0.449. The minimum absolute atomic E-state index is 0.207. The fourth-order valence-electron chi connectivity index (χ4n) is 1.63. The van der Waals surface area contributed by atoms with Crippen molar-refractivity contribution in [1.29, 1.82) is 0 Å². The van der Waals surface area contributed by atoms with Gasteiger partial charge in [-0.15, -0.1) is 0 Å². The van der Waals surface area contributed by atoms with Gasteiger partial charge < -0.3 is 5.11 Å². The first kappa shape index (κ1) is 10.8. The van der Waals surface area contributed by atoms with Crippen LogP contribution in [0.4, 0.5) is 0 Å². The van der Waals surface area contributed by atoms with Gasteiger partial charge in [-0.2, -0.15) is 0 Å². The molecule has 5 heteroatoms. The van der Waals surface area contributed by atoms with E-state index in [1.807, 2.05) is 0 Å². The van der Waals surface area contributed by atoms with Gasteiger partial charge in [0.2, 0.25) is 0 Å². The van der Waals surface area contributed by atoms with E-state index >= 15 is 0 Å². The number of hydrogen-bond acceptors (Lipinski definition) is 4. The molecule has 0 spiro atoms. The van der Waals surface area contributed by atoms with Gasteiger partial charge in [-0.05, 0) is 25.5 Å². The van der Waals surface area contributed by atoms with E-state index in [1.54, 1.807) is 19.1 Å². The van der Waals surface area contributed by atoms with Gasteiger partial charge >= 0.3 is 0 Å². The number of aromatic nitrogens is 1. The minimum atomic E-state index is -0.530. The molecule has 2 amide bonds. The van der Waals surface area contributed by atoms with Crippen LogP contribution in [0, 0.1) is 0 Å². The Labute approximate surface area is 92.7 Å². The summed E-state index contributed by atoms with van der Waals surface area (Å²) < 4.78 is 0. The van der Waals surface area contributed by atoms with Crippen molar-refractivity contribution in [3.63, 3.8) is 0 Å². The number of rotatable bonds is 3. The number of aliphatic hydroxyl groups excluding tert-OH is 1. The van der Waals surface area contributed by atoms with Gasteiger partial charge in [0.1, 0.15) is 5.69 Å². The Kier molecular flexibility index (Phi) is 2.70. The molecule has 1 N–H and O–H groups in total. The molecule has 0 saturated carbocycles. The third kappa shape index (κ3) is 1.69. The van der Waals surface area contributed by atoms with Crippen LogP contribution in [-0.2, 0) is 0 Å². The van der Waals surface area contributed by atoms with Crippen LogP contribution in [-0.4, -0.2) is 39.5 Å². The first-order chi connectivity index (χ1) is 7.61. The maximum Gasteiger partial charge on any atom is 0.280 e. The van der Waals surface area contributed by atoms with Crippen molar-refractivity contribution in [2.24, 2.45) is 0 Å². The van der Waals surface area contributed by atoms with Crippen molar-refractivity contribution in [3.05, 3.63) is 29.6 Å². The molecule has 2 rings (SSSR count). The van der Waals surface area contributed by atoms with Crippen molar-refractivity contribution in [3.8, 4) is 0 Å². The van der Waals surface area contributed by atoms with Crippen molar-refractivity contribution in [2.45, 2.75) is 19.4 Å². The lowest BCUT2D eigenvalue weighted by Gasteiger charge is -2.14. The largest absolute Gasteiger partial charge is 0.393 e. The molecule has 84 valence electrons. The zero-order valence-electron chi connectivity index (χ0n) is 8.88. The molecule has 1 aromatic heterocycles. The monoisotopic (exact) mass is 220 g/mol. The van der Waals surface area contributed by atoms with Crippen LogP contribution in [0.5, 0.6) is 0 Å². The molecule has 2 heterocycles. The Morgan fingerprint density at radius 1 is 1.44 bits per heavy atom. The van der Waals surface area contributed by atoms with Gasteiger partial charge in [-0.25, -0.2) is 0 Å². The highest BCUT2D eigenvalue weighted by Crippen LogP contribution is 2.20. The highest BCUT2D eigenvalue weighted by atomic mass is 16.3. The summed E-state index contributed by atoms with van der Waals surface area (Å²) in [6.07, 6.45) is 1.34. The van der Waals surface area contributed by atoms with Crippen molar-refractivity contribution in [2.75, 3.05) is 6.54 Å². The average molecular weight is 220 g/mol. The molecule has 0 saturated heterocycles. The van der Waals surface area contributed by atoms with Crippen LogP contribution >= 0.6 is 0 Å². The molecule has 0 aliphatic carbocycles. The Morgan fingerprint density at radius 3 is 2.81 bits per heavy atom. The smallest absolute Gasteiger partial charge is 0.280 e. The van der Waals surface area contributed by atoms with Gasteiger partial charge in [0.15, 0.2) is 0 Å². The number of nitrogens with zero attached hydrogens (tertiary/aromatic N) is 2. The summed E-state index contributed by atoms with van der Waals surface area (Å²) >= 11 is 0. The number of imide groups is 1. The fraction of sp³-hybridized carbons (Fsp3) is 0.364. The summed E-state index contributed by atoms with van der Waals surface area (Å²) in [5.41, 5.74) is 0.552. The summed E-state index contributed by atoms with van der Waals surface area (Å²) in [4.78, 5) is 28.6. The second-order valence-corrected chi connectivity index (χ2v) is 3.80. The molecule has 0 bridgehead atoms. The molecule has 1 atom stereocenters. The Balaban J connectivity index is 2.22. The number of carbonyl (C=O) groups is 2. The standard InChI is InChI=1S/C11H12N2O3/c1-7(14)4-6-13-10(15)8-3-2-5-12-9(8)11(13)16/h2-3,5,7,14H,4,6H2,1H3. The summed E-state index contributed by atoms with van der Waals surface area (Å²) in [5, 5.41) is 9.14. The highest BCUT2D eigenvalue weighted by Gasteiger charge is 2.36. The van der Waals surface area contributed by atoms with Crippen LogP contribution in [0.2, 0.25) is 0 Å². The first-order valence-corrected chi connectivity index (χ1v) is 5.10. The van der Waals surface area contributed by atoms with Gasteiger partial charge in [-0.3, -0.25) is 19.5 Å². The third-order valence-electron chi connectivity index (χ3n) is 2.50. The van der Waals surface area contributed by atoms with Crippen molar-refractivity contribution in [1.82, 2.24) is 9.88 Å². The van der Waals surface area contributed by atoms with Crippen LogP contribution in [0.1, 0.15) is 34.2 Å². The lowest BCUT2D eigenvalue weighted by atomic mass is 10.2. The molecule has 1 unspecified atom stereocenters. The van der Waals surface area contributed by atoms with Crippen LogP contribution in [0.3, 0.4) is 0 Å². The van der Waals surface area contributed by atoms with Gasteiger partial charge in [0.05, 0.1) is 11.7 Å². The van der Waals surface area contributed by atoms with E-state index in [4.69, 9.17) is 5.11 Å². The van der Waals surface area contributed by atoms with Gasteiger partial charge in [0.25, 0.3) is 11.8 Å². The first-order valence-electron chi connectivity index (χ1n) is 5.10. The van der Waals surface area contributed by atoms with E-state index < -0.39 is 6.10 Å². The number of pyridine rings is 1. The van der Waals surface area contributed by atoms with Crippen molar-refractivity contribution >= 4 is 11.8 Å². The zero-order valence-corrected chi connectivity index (χ0v) is 8.88. The molecule has 0 radical (unpaired) electrons.